The Balaban J connectivity index is 1.70. The fourth-order valence-electron chi connectivity index (χ4n) is 4.25. The van der Waals surface area contributed by atoms with Gasteiger partial charge in [0.15, 0.2) is 5.78 Å². The number of carbonyl (C=O) groups excluding carboxylic acids is 1. The zero-order chi connectivity index (χ0) is 30.2. The van der Waals surface area contributed by atoms with E-state index in [4.69, 9.17) is 17.3 Å². The number of anilines is 1. The summed E-state index contributed by atoms with van der Waals surface area (Å²) in [5.41, 5.74) is 3.10. The average Bonchev–Trinajstić information content (AvgIpc) is 3.35. The first-order chi connectivity index (χ1) is 19.8. The topological polar surface area (TPSA) is 112 Å². The van der Waals surface area contributed by atoms with E-state index in [0.29, 0.717) is 12.1 Å². The quantitative estimate of drug-likeness (QED) is 0.178. The predicted octanol–water partition coefficient (Wildman–Crippen LogP) is 6.35. The van der Waals surface area contributed by atoms with E-state index in [1.54, 1.807) is 12.1 Å². The van der Waals surface area contributed by atoms with Gasteiger partial charge in [-0.2, -0.15) is 26.3 Å². The van der Waals surface area contributed by atoms with Crippen molar-refractivity contribution < 1.29 is 31.1 Å². The molecular weight excluding hydrogens is 588 g/mol. The van der Waals surface area contributed by atoms with E-state index >= 15 is 0 Å². The van der Waals surface area contributed by atoms with Gasteiger partial charge in [0.1, 0.15) is 23.4 Å². The third-order valence-electron chi connectivity index (χ3n) is 6.10. The number of alkyl halides is 6. The van der Waals surface area contributed by atoms with Crippen molar-refractivity contribution in [3.63, 3.8) is 0 Å². The lowest BCUT2D eigenvalue weighted by molar-refractivity contribution is -0.143. The maximum atomic E-state index is 13.6. The van der Waals surface area contributed by atoms with E-state index in [0.717, 1.165) is 4.68 Å². The molecule has 15 heteroatoms. The molecule has 0 aliphatic rings. The summed E-state index contributed by atoms with van der Waals surface area (Å²) in [6.45, 7) is -0.569. The highest BCUT2D eigenvalue weighted by Gasteiger charge is 2.37. The molecule has 0 aliphatic heterocycles. The van der Waals surface area contributed by atoms with E-state index in [2.05, 4.69) is 25.3 Å². The van der Waals surface area contributed by atoms with Gasteiger partial charge in [0.25, 0.3) is 0 Å². The lowest BCUT2D eigenvalue weighted by atomic mass is 9.97. The summed E-state index contributed by atoms with van der Waals surface area (Å²) in [4.78, 5) is 25.8. The number of carbonyl (C=O) groups is 1. The van der Waals surface area contributed by atoms with Crippen LogP contribution in [-0.4, -0.2) is 35.7 Å². The molecule has 42 heavy (non-hydrogen) atoms. The Labute approximate surface area is 237 Å². The lowest BCUT2D eigenvalue weighted by Gasteiger charge is -2.15. The summed E-state index contributed by atoms with van der Waals surface area (Å²) in [5, 5.41) is 8.25. The van der Waals surface area contributed by atoms with Crippen LogP contribution in [0.1, 0.15) is 32.6 Å². The predicted molar refractivity (Wildman–Crippen MR) is 139 cm³/mol. The Bertz CT molecular complexity index is 1760. The molecule has 0 amide bonds. The molecule has 3 aromatic heterocycles. The van der Waals surface area contributed by atoms with Gasteiger partial charge in [-0.3, -0.25) is 9.78 Å². The van der Waals surface area contributed by atoms with Gasteiger partial charge in [0, 0.05) is 35.4 Å². The number of nitrogen functional groups attached to an aromatic ring is 1. The fourth-order valence-corrected chi connectivity index (χ4v) is 4.47. The van der Waals surface area contributed by atoms with Crippen LogP contribution in [-0.2, 0) is 18.9 Å². The number of benzene rings is 2. The van der Waals surface area contributed by atoms with Gasteiger partial charge >= 0.3 is 12.4 Å². The fraction of sp³-hybridized carbons (Fsp3) is 0.111. The maximum absolute atomic E-state index is 13.6. The Morgan fingerprint density at radius 3 is 2.17 bits per heavy atom. The first-order valence-electron chi connectivity index (χ1n) is 11.9. The zero-order valence-corrected chi connectivity index (χ0v) is 21.7. The Morgan fingerprint density at radius 2 is 1.55 bits per heavy atom. The van der Waals surface area contributed by atoms with Crippen LogP contribution < -0.4 is 5.73 Å². The molecule has 0 fully saturated rings. The van der Waals surface area contributed by atoms with Crippen LogP contribution in [0, 0.1) is 0 Å². The van der Waals surface area contributed by atoms with Crippen molar-refractivity contribution in [2.24, 2.45) is 0 Å². The summed E-state index contributed by atoms with van der Waals surface area (Å²) in [5.74, 6) is -0.598. The van der Waals surface area contributed by atoms with Crippen LogP contribution in [0.3, 0.4) is 0 Å². The van der Waals surface area contributed by atoms with Gasteiger partial charge in [-0.15, -0.1) is 5.10 Å². The zero-order valence-electron chi connectivity index (χ0n) is 20.9. The van der Waals surface area contributed by atoms with Crippen molar-refractivity contribution in [3.8, 4) is 22.6 Å². The molecule has 0 radical (unpaired) electrons. The minimum atomic E-state index is -5.04. The Morgan fingerprint density at radius 1 is 0.905 bits per heavy atom. The molecule has 0 saturated carbocycles. The van der Waals surface area contributed by atoms with Crippen molar-refractivity contribution >= 4 is 23.1 Å². The SMILES string of the molecule is Nc1ccnc(-c2nnn(Cc3cc(C(F)(F)F)cc(C(F)(F)F)c3)c2-c2cncnc2)c1C(=O)c1ccccc1Cl. The van der Waals surface area contributed by atoms with Crippen molar-refractivity contribution in [1.29, 1.82) is 0 Å². The minimum absolute atomic E-state index is 0.0161. The smallest absolute Gasteiger partial charge is 0.398 e. The van der Waals surface area contributed by atoms with Crippen LogP contribution in [0.15, 0.2) is 73.4 Å². The molecule has 3 heterocycles. The Kier molecular flexibility index (Phi) is 7.41. The third kappa shape index (κ3) is 5.65. The monoisotopic (exact) mass is 603 g/mol. The van der Waals surface area contributed by atoms with Crippen molar-refractivity contribution in [1.82, 2.24) is 29.9 Å². The molecule has 214 valence electrons. The highest BCUT2D eigenvalue weighted by Crippen LogP contribution is 2.38. The van der Waals surface area contributed by atoms with Crippen molar-refractivity contribution in [2.45, 2.75) is 18.9 Å². The summed E-state index contributed by atoms with van der Waals surface area (Å²) < 4.78 is 82.0. The van der Waals surface area contributed by atoms with Crippen LogP contribution in [0.5, 0.6) is 0 Å². The molecule has 5 rings (SSSR count). The maximum Gasteiger partial charge on any atom is 0.416 e. The molecule has 0 bridgehead atoms. The van der Waals surface area contributed by atoms with Gasteiger partial charge in [0.2, 0.25) is 0 Å². The van der Waals surface area contributed by atoms with E-state index in [1.807, 2.05) is 0 Å². The number of nitrogens with two attached hydrogens (primary N) is 1. The van der Waals surface area contributed by atoms with Crippen molar-refractivity contribution in [3.05, 3.63) is 106 Å². The molecule has 0 unspecified atom stereocenters. The number of nitrogens with zero attached hydrogens (tertiary/aromatic N) is 6. The van der Waals surface area contributed by atoms with Crippen LogP contribution in [0.4, 0.5) is 32.0 Å². The molecule has 8 nitrogen and oxygen atoms in total. The summed E-state index contributed by atoms with van der Waals surface area (Å²) >= 11 is 6.24. The normalized spacial score (nSPS) is 12.0. The lowest BCUT2D eigenvalue weighted by Crippen LogP contribution is -2.13. The standard InChI is InChI=1S/C27H16ClF6N7O/c28-19-4-2-1-3-18(19)25(42)21-20(35)5-6-38-22(21)23-24(15-10-36-13-37-11-15)41(40-39-23)12-14-7-16(26(29,30)31)9-17(8-14)27(32,33)34/h1-11,13H,12H2,(H2,35,38). The molecule has 0 atom stereocenters. The second-order valence-corrected chi connectivity index (χ2v) is 9.33. The first kappa shape index (κ1) is 28.7. The van der Waals surface area contributed by atoms with Crippen LogP contribution >= 0.6 is 11.6 Å². The van der Waals surface area contributed by atoms with Gasteiger partial charge < -0.3 is 5.73 Å². The molecule has 2 N–H and O–H groups in total. The van der Waals surface area contributed by atoms with E-state index in [9.17, 15) is 31.1 Å². The van der Waals surface area contributed by atoms with Crippen LogP contribution in [0.25, 0.3) is 22.6 Å². The molecule has 0 spiro atoms. The van der Waals surface area contributed by atoms with Gasteiger partial charge in [-0.05, 0) is 42.0 Å². The highest BCUT2D eigenvalue weighted by molar-refractivity contribution is 6.35. The number of ketones is 1. The second kappa shape index (κ2) is 10.9. The summed E-state index contributed by atoms with van der Waals surface area (Å²) in [7, 11) is 0. The Hall–Kier alpha value is -4.85. The molecule has 2 aromatic carbocycles. The molecule has 0 saturated heterocycles. The number of rotatable bonds is 6. The molecular formula is C27H16ClF6N7O. The largest absolute Gasteiger partial charge is 0.416 e. The number of hydrogen-bond donors (Lipinski definition) is 1. The van der Waals surface area contributed by atoms with Crippen molar-refractivity contribution in [2.75, 3.05) is 5.73 Å². The highest BCUT2D eigenvalue weighted by atomic mass is 35.5. The van der Waals surface area contributed by atoms with Gasteiger partial charge in [-0.25, -0.2) is 14.6 Å². The van der Waals surface area contributed by atoms with E-state index in [-0.39, 0.29) is 56.1 Å². The number of hydrogen-bond acceptors (Lipinski definition) is 7. The minimum Gasteiger partial charge on any atom is -0.398 e. The van der Waals surface area contributed by atoms with E-state index in [1.165, 1.54) is 43.1 Å². The number of pyridine rings is 1. The second-order valence-electron chi connectivity index (χ2n) is 8.92. The van der Waals surface area contributed by atoms with Gasteiger partial charge in [0.05, 0.1) is 28.3 Å². The summed E-state index contributed by atoms with van der Waals surface area (Å²) in [6, 6.07) is 8.81. The number of aromatic nitrogens is 6. The summed E-state index contributed by atoms with van der Waals surface area (Å²) in [6.07, 6.45) is -4.90. The van der Waals surface area contributed by atoms with Gasteiger partial charge in [-0.1, -0.05) is 28.9 Å². The third-order valence-corrected chi connectivity index (χ3v) is 6.43. The average molecular weight is 604 g/mol. The first-order valence-corrected chi connectivity index (χ1v) is 12.2. The molecule has 0 aliphatic carbocycles. The van der Waals surface area contributed by atoms with Crippen LogP contribution in [0.2, 0.25) is 5.02 Å². The molecule has 5 aromatic rings. The van der Waals surface area contributed by atoms with E-state index < -0.39 is 35.8 Å². The number of halogens is 7.